The summed E-state index contributed by atoms with van der Waals surface area (Å²) in [6, 6.07) is 12.8. The van der Waals surface area contributed by atoms with Crippen molar-refractivity contribution in [1.82, 2.24) is 5.32 Å². The van der Waals surface area contributed by atoms with Crippen LogP contribution in [0.4, 0.5) is 11.4 Å². The van der Waals surface area contributed by atoms with Crippen LogP contribution in [0.25, 0.3) is 0 Å². The number of hydrogen-bond acceptors (Lipinski definition) is 4. The zero-order valence-electron chi connectivity index (χ0n) is 17.2. The van der Waals surface area contributed by atoms with Crippen molar-refractivity contribution in [2.75, 3.05) is 10.0 Å². The Morgan fingerprint density at radius 2 is 1.24 bits per heavy atom. The first kappa shape index (κ1) is 22.4. The molecule has 2 rings (SSSR count). The monoisotopic (exact) mass is 417 g/mol. The number of rotatable bonds is 6. The minimum Gasteiger partial charge on any atom is -0.350 e. The molecular formula is C21H27N3O4S. The van der Waals surface area contributed by atoms with Gasteiger partial charge >= 0.3 is 0 Å². The Labute approximate surface area is 172 Å². The predicted molar refractivity (Wildman–Crippen MR) is 116 cm³/mol. The number of hydrogen-bond donors (Lipinski definition) is 3. The molecule has 29 heavy (non-hydrogen) atoms. The average Bonchev–Trinajstić information content (AvgIpc) is 2.61. The summed E-state index contributed by atoms with van der Waals surface area (Å²) in [7, 11) is -3.53. The van der Waals surface area contributed by atoms with Gasteiger partial charge in [-0.25, -0.2) is 8.42 Å². The first-order valence-electron chi connectivity index (χ1n) is 9.24. The molecule has 0 saturated carbocycles. The van der Waals surface area contributed by atoms with Crippen molar-refractivity contribution in [3.8, 4) is 0 Å². The first-order valence-corrected chi connectivity index (χ1v) is 10.7. The van der Waals surface area contributed by atoms with Gasteiger partial charge in [0.1, 0.15) is 0 Å². The quantitative estimate of drug-likeness (QED) is 0.668. The molecule has 0 bridgehead atoms. The van der Waals surface area contributed by atoms with Crippen molar-refractivity contribution in [3.63, 3.8) is 0 Å². The Morgan fingerprint density at radius 1 is 0.793 bits per heavy atom. The molecule has 0 aliphatic rings. The Kier molecular flexibility index (Phi) is 6.69. The molecule has 2 aromatic rings. The van der Waals surface area contributed by atoms with Crippen LogP contribution < -0.4 is 15.4 Å². The van der Waals surface area contributed by atoms with Crippen molar-refractivity contribution in [3.05, 3.63) is 59.7 Å². The van der Waals surface area contributed by atoms with E-state index in [0.29, 0.717) is 22.5 Å². The number of carbonyl (C=O) groups excluding carboxylic acids is 2. The maximum atomic E-state index is 12.4. The summed E-state index contributed by atoms with van der Waals surface area (Å²) in [6.45, 7) is 8.58. The maximum absolute atomic E-state index is 12.4. The number of anilines is 2. The highest BCUT2D eigenvalue weighted by Gasteiger charge is 2.28. The van der Waals surface area contributed by atoms with E-state index < -0.39 is 14.8 Å². The van der Waals surface area contributed by atoms with Crippen LogP contribution in [0.2, 0.25) is 0 Å². The molecule has 0 fully saturated rings. The van der Waals surface area contributed by atoms with Crippen LogP contribution in [0.3, 0.4) is 0 Å². The van der Waals surface area contributed by atoms with E-state index in [1.54, 1.807) is 57.2 Å². The molecule has 8 heteroatoms. The van der Waals surface area contributed by atoms with Crippen molar-refractivity contribution in [1.29, 1.82) is 0 Å². The topological polar surface area (TPSA) is 104 Å². The van der Waals surface area contributed by atoms with E-state index in [-0.39, 0.29) is 17.9 Å². The molecular weight excluding hydrogens is 390 g/mol. The summed E-state index contributed by atoms with van der Waals surface area (Å²) in [5.74, 6) is -0.513. The predicted octanol–water partition coefficient (Wildman–Crippen LogP) is 3.62. The molecule has 0 heterocycles. The molecule has 7 nitrogen and oxygen atoms in total. The van der Waals surface area contributed by atoms with Gasteiger partial charge in [-0.3, -0.25) is 14.3 Å². The number of carbonyl (C=O) groups is 2. The second-order valence-electron chi connectivity index (χ2n) is 7.95. The maximum Gasteiger partial charge on any atom is 0.255 e. The molecule has 0 saturated heterocycles. The second kappa shape index (κ2) is 8.65. The smallest absolute Gasteiger partial charge is 0.255 e. The van der Waals surface area contributed by atoms with Crippen LogP contribution in [0, 0.1) is 0 Å². The SMILES string of the molecule is CC(C)NC(=O)c1ccc(NC(=O)c2ccc(NS(=O)(=O)C(C)(C)C)cc2)cc1. The number of benzene rings is 2. The van der Waals surface area contributed by atoms with E-state index in [0.717, 1.165) is 0 Å². The van der Waals surface area contributed by atoms with E-state index in [4.69, 9.17) is 0 Å². The molecule has 0 aromatic heterocycles. The lowest BCUT2D eigenvalue weighted by molar-refractivity contribution is 0.0942. The molecule has 156 valence electrons. The molecule has 0 spiro atoms. The Balaban J connectivity index is 2.03. The van der Waals surface area contributed by atoms with Crippen LogP contribution in [0.5, 0.6) is 0 Å². The fourth-order valence-electron chi connectivity index (χ4n) is 2.25. The third-order valence-corrected chi connectivity index (χ3v) is 6.15. The van der Waals surface area contributed by atoms with Gasteiger partial charge in [0.2, 0.25) is 10.0 Å². The fourth-order valence-corrected chi connectivity index (χ4v) is 3.00. The fraction of sp³-hybridized carbons (Fsp3) is 0.333. The van der Waals surface area contributed by atoms with Gasteiger partial charge in [-0.2, -0.15) is 0 Å². The summed E-state index contributed by atoms with van der Waals surface area (Å²) >= 11 is 0. The van der Waals surface area contributed by atoms with E-state index in [9.17, 15) is 18.0 Å². The number of nitrogens with one attached hydrogen (secondary N) is 3. The van der Waals surface area contributed by atoms with Gasteiger partial charge < -0.3 is 10.6 Å². The van der Waals surface area contributed by atoms with Crippen LogP contribution >= 0.6 is 0 Å². The van der Waals surface area contributed by atoms with E-state index in [2.05, 4.69) is 15.4 Å². The zero-order chi connectivity index (χ0) is 21.8. The van der Waals surface area contributed by atoms with Gasteiger partial charge in [0.05, 0.1) is 4.75 Å². The second-order valence-corrected chi connectivity index (χ2v) is 10.4. The highest BCUT2D eigenvalue weighted by atomic mass is 32.2. The Hall–Kier alpha value is -2.87. The lowest BCUT2D eigenvalue weighted by Crippen LogP contribution is -2.33. The molecule has 3 N–H and O–H groups in total. The lowest BCUT2D eigenvalue weighted by atomic mass is 10.1. The van der Waals surface area contributed by atoms with Crippen LogP contribution in [0.1, 0.15) is 55.3 Å². The van der Waals surface area contributed by atoms with Crippen molar-refractivity contribution >= 4 is 33.2 Å². The van der Waals surface area contributed by atoms with Gasteiger partial charge in [-0.05, 0) is 83.1 Å². The Bertz CT molecular complexity index is 974. The van der Waals surface area contributed by atoms with E-state index in [1.807, 2.05) is 13.8 Å². The summed E-state index contributed by atoms with van der Waals surface area (Å²) < 4.78 is 26.0. The third kappa shape index (κ3) is 6.05. The zero-order valence-corrected chi connectivity index (χ0v) is 18.1. The summed E-state index contributed by atoms with van der Waals surface area (Å²) in [4.78, 5) is 24.4. The molecule has 2 amide bonds. The van der Waals surface area contributed by atoms with Crippen molar-refractivity contribution in [2.45, 2.75) is 45.4 Å². The van der Waals surface area contributed by atoms with E-state index >= 15 is 0 Å². The van der Waals surface area contributed by atoms with Crippen molar-refractivity contribution in [2.24, 2.45) is 0 Å². The van der Waals surface area contributed by atoms with Gasteiger partial charge in [-0.15, -0.1) is 0 Å². The minimum absolute atomic E-state index is 0.0396. The standard InChI is InChI=1S/C21H27N3O4S/c1-14(2)22-19(25)15-6-10-17(11-7-15)23-20(26)16-8-12-18(13-9-16)24-29(27,28)21(3,4)5/h6-14,24H,1-5H3,(H,22,25)(H,23,26). The molecule has 0 aliphatic heterocycles. The highest BCUT2D eigenvalue weighted by molar-refractivity contribution is 7.94. The summed E-state index contributed by atoms with van der Waals surface area (Å²) in [5.41, 5.74) is 1.82. The lowest BCUT2D eigenvalue weighted by Gasteiger charge is -2.20. The molecule has 0 unspecified atom stereocenters. The average molecular weight is 418 g/mol. The van der Waals surface area contributed by atoms with Crippen LogP contribution in [-0.4, -0.2) is 31.0 Å². The summed E-state index contributed by atoms with van der Waals surface area (Å²) in [5, 5.41) is 5.55. The molecule has 0 radical (unpaired) electrons. The third-order valence-electron chi connectivity index (χ3n) is 4.03. The summed E-state index contributed by atoms with van der Waals surface area (Å²) in [6.07, 6.45) is 0. The van der Waals surface area contributed by atoms with E-state index in [1.165, 1.54) is 12.1 Å². The van der Waals surface area contributed by atoms with Crippen LogP contribution in [0.15, 0.2) is 48.5 Å². The van der Waals surface area contributed by atoms with Gasteiger partial charge in [0.25, 0.3) is 11.8 Å². The highest BCUT2D eigenvalue weighted by Crippen LogP contribution is 2.20. The molecule has 0 aliphatic carbocycles. The van der Waals surface area contributed by atoms with Gasteiger partial charge in [0, 0.05) is 28.5 Å². The van der Waals surface area contributed by atoms with Gasteiger partial charge in [0.15, 0.2) is 0 Å². The number of sulfonamides is 1. The van der Waals surface area contributed by atoms with Gasteiger partial charge in [-0.1, -0.05) is 0 Å². The molecule has 0 atom stereocenters. The van der Waals surface area contributed by atoms with Crippen molar-refractivity contribution < 1.29 is 18.0 Å². The normalized spacial score (nSPS) is 11.8. The Morgan fingerprint density at radius 3 is 1.69 bits per heavy atom. The largest absolute Gasteiger partial charge is 0.350 e. The minimum atomic E-state index is -3.53. The molecule has 2 aromatic carbocycles. The first-order chi connectivity index (χ1) is 13.4. The van der Waals surface area contributed by atoms with Crippen LogP contribution in [-0.2, 0) is 10.0 Å². The number of amides is 2.